The van der Waals surface area contributed by atoms with E-state index in [-0.39, 0.29) is 23.4 Å². The normalized spacial score (nSPS) is 24.7. The predicted molar refractivity (Wildman–Crippen MR) is 101 cm³/mol. The van der Waals surface area contributed by atoms with E-state index >= 15 is 0 Å². The lowest BCUT2D eigenvalue weighted by Gasteiger charge is -2.38. The quantitative estimate of drug-likeness (QED) is 0.807. The Balaban J connectivity index is 1.95. The highest BCUT2D eigenvalue weighted by Gasteiger charge is 2.53. The Hall–Kier alpha value is -2.07. The first-order chi connectivity index (χ1) is 12.1. The van der Waals surface area contributed by atoms with E-state index in [2.05, 4.69) is 42.4 Å². The Labute approximate surface area is 150 Å². The Kier molecular flexibility index (Phi) is 5.00. The first-order valence-electron chi connectivity index (χ1n) is 8.97. The van der Waals surface area contributed by atoms with E-state index in [1.807, 2.05) is 18.2 Å². The summed E-state index contributed by atoms with van der Waals surface area (Å²) in [7, 11) is 1.68. The van der Waals surface area contributed by atoms with Gasteiger partial charge in [-0.15, -0.1) is 13.2 Å². The fourth-order valence-corrected chi connectivity index (χ4v) is 4.51. The molecule has 1 unspecified atom stereocenters. The molecule has 0 radical (unpaired) electrons. The third-order valence-electron chi connectivity index (χ3n) is 5.70. The summed E-state index contributed by atoms with van der Waals surface area (Å²) in [5.41, 5.74) is 2.06. The molecule has 0 aliphatic carbocycles. The number of aryl methyl sites for hydroxylation is 1. The van der Waals surface area contributed by atoms with Crippen molar-refractivity contribution in [2.75, 3.05) is 20.2 Å². The van der Waals surface area contributed by atoms with Crippen LogP contribution in [0.4, 0.5) is 0 Å². The third-order valence-corrected chi connectivity index (χ3v) is 5.70. The van der Waals surface area contributed by atoms with Crippen molar-refractivity contribution >= 4 is 5.91 Å². The van der Waals surface area contributed by atoms with E-state index in [0.717, 1.165) is 25.3 Å². The van der Waals surface area contributed by atoms with Gasteiger partial charge < -0.3 is 15.0 Å². The predicted octanol–water partition coefficient (Wildman–Crippen LogP) is 3.39. The van der Waals surface area contributed by atoms with Crippen LogP contribution < -0.4 is 10.1 Å². The molecular weight excluding hydrogens is 312 g/mol. The van der Waals surface area contributed by atoms with Gasteiger partial charge in [0.2, 0.25) is 5.91 Å². The molecule has 2 aliphatic rings. The minimum absolute atomic E-state index is 0.153. The SMILES string of the molecule is C=CCC1(CC=C)CC2[C@H](c3ccc(OC)cc3C)NCCN2C1=O. The van der Waals surface area contributed by atoms with Gasteiger partial charge in [-0.25, -0.2) is 0 Å². The van der Waals surface area contributed by atoms with Crippen LogP contribution in [-0.2, 0) is 4.79 Å². The molecule has 0 aromatic heterocycles. The maximum atomic E-state index is 13.2. The maximum Gasteiger partial charge on any atom is 0.229 e. The molecule has 2 aliphatic heterocycles. The van der Waals surface area contributed by atoms with E-state index in [9.17, 15) is 4.79 Å². The second-order valence-electron chi connectivity index (χ2n) is 7.19. The molecule has 0 saturated carbocycles. The number of carbonyl (C=O) groups excluding carboxylic acids is 1. The average Bonchev–Trinajstić information content (AvgIpc) is 2.88. The van der Waals surface area contributed by atoms with Crippen LogP contribution in [-0.4, -0.2) is 37.0 Å². The third kappa shape index (κ3) is 2.99. The monoisotopic (exact) mass is 340 g/mol. The van der Waals surface area contributed by atoms with Crippen molar-refractivity contribution in [3.8, 4) is 5.75 Å². The number of benzene rings is 1. The van der Waals surface area contributed by atoms with Gasteiger partial charge in [0.25, 0.3) is 0 Å². The van der Waals surface area contributed by atoms with Gasteiger partial charge in [0.1, 0.15) is 5.75 Å². The minimum atomic E-state index is -0.376. The summed E-state index contributed by atoms with van der Waals surface area (Å²) < 4.78 is 5.33. The number of hydrogen-bond donors (Lipinski definition) is 1. The Morgan fingerprint density at radius 2 is 2.08 bits per heavy atom. The summed E-state index contributed by atoms with van der Waals surface area (Å²) in [6, 6.07) is 6.52. The Morgan fingerprint density at radius 1 is 1.36 bits per heavy atom. The molecule has 2 fully saturated rings. The van der Waals surface area contributed by atoms with Gasteiger partial charge in [-0.2, -0.15) is 0 Å². The molecule has 134 valence electrons. The fraction of sp³-hybridized carbons (Fsp3) is 0.476. The van der Waals surface area contributed by atoms with Crippen LogP contribution in [0.15, 0.2) is 43.5 Å². The lowest BCUT2D eigenvalue weighted by molar-refractivity contribution is -0.137. The van der Waals surface area contributed by atoms with Crippen molar-refractivity contribution in [3.63, 3.8) is 0 Å². The number of nitrogens with one attached hydrogen (secondary N) is 1. The lowest BCUT2D eigenvalue weighted by Crippen LogP contribution is -2.51. The number of fused-ring (bicyclic) bond motifs is 1. The molecule has 4 heteroatoms. The van der Waals surface area contributed by atoms with E-state index in [4.69, 9.17) is 4.74 Å². The largest absolute Gasteiger partial charge is 0.497 e. The number of amides is 1. The smallest absolute Gasteiger partial charge is 0.229 e. The molecular formula is C21H28N2O2. The molecule has 2 atom stereocenters. The standard InChI is InChI=1S/C21H28N2O2/c1-5-9-21(10-6-2)14-18-19(22-11-12-23(18)20(21)24)17-8-7-16(25-4)13-15(17)3/h5-8,13,18-19,22H,1-2,9-12,14H2,3-4H3/t18?,19-/m0/s1. The molecule has 2 heterocycles. The van der Waals surface area contributed by atoms with Gasteiger partial charge in [-0.05, 0) is 49.4 Å². The van der Waals surface area contributed by atoms with Gasteiger partial charge in [-0.1, -0.05) is 18.2 Å². The molecule has 3 rings (SSSR count). The molecule has 0 spiro atoms. The summed E-state index contributed by atoms with van der Waals surface area (Å²) in [5, 5.41) is 3.64. The molecule has 4 nitrogen and oxygen atoms in total. The van der Waals surface area contributed by atoms with Gasteiger partial charge in [0.15, 0.2) is 0 Å². The number of rotatable bonds is 6. The van der Waals surface area contributed by atoms with E-state index in [1.54, 1.807) is 7.11 Å². The van der Waals surface area contributed by atoms with E-state index < -0.39 is 0 Å². The van der Waals surface area contributed by atoms with Gasteiger partial charge in [0.05, 0.1) is 24.6 Å². The number of piperazine rings is 1. The first kappa shape index (κ1) is 17.7. The second-order valence-corrected chi connectivity index (χ2v) is 7.19. The Morgan fingerprint density at radius 3 is 2.68 bits per heavy atom. The number of nitrogens with zero attached hydrogens (tertiary/aromatic N) is 1. The highest BCUT2D eigenvalue weighted by atomic mass is 16.5. The van der Waals surface area contributed by atoms with Gasteiger partial charge >= 0.3 is 0 Å². The Bertz CT molecular complexity index is 672. The van der Waals surface area contributed by atoms with Crippen LogP contribution in [0.5, 0.6) is 5.75 Å². The van der Waals surface area contributed by atoms with Crippen LogP contribution in [0.3, 0.4) is 0 Å². The highest BCUT2D eigenvalue weighted by Crippen LogP contribution is 2.47. The number of allylic oxidation sites excluding steroid dienone is 2. The first-order valence-corrected chi connectivity index (χ1v) is 8.97. The molecule has 0 bridgehead atoms. The zero-order valence-electron chi connectivity index (χ0n) is 15.3. The van der Waals surface area contributed by atoms with Crippen molar-refractivity contribution in [1.82, 2.24) is 10.2 Å². The molecule has 2 saturated heterocycles. The topological polar surface area (TPSA) is 41.6 Å². The fourth-order valence-electron chi connectivity index (χ4n) is 4.51. The molecule has 1 aromatic carbocycles. The van der Waals surface area contributed by atoms with Crippen LogP contribution in [0.2, 0.25) is 0 Å². The van der Waals surface area contributed by atoms with Crippen molar-refractivity contribution < 1.29 is 9.53 Å². The summed E-state index contributed by atoms with van der Waals surface area (Å²) in [6.07, 6.45) is 6.01. The molecule has 25 heavy (non-hydrogen) atoms. The number of hydrogen-bond acceptors (Lipinski definition) is 3. The summed E-state index contributed by atoms with van der Waals surface area (Å²) in [5.74, 6) is 1.12. The van der Waals surface area contributed by atoms with Crippen LogP contribution in [0.1, 0.15) is 36.4 Å². The van der Waals surface area contributed by atoms with Crippen LogP contribution >= 0.6 is 0 Å². The number of ether oxygens (including phenoxy) is 1. The summed E-state index contributed by atoms with van der Waals surface area (Å²) in [4.78, 5) is 15.3. The molecule has 1 aromatic rings. The average molecular weight is 340 g/mol. The van der Waals surface area contributed by atoms with Gasteiger partial charge in [-0.3, -0.25) is 4.79 Å². The van der Waals surface area contributed by atoms with Crippen LogP contribution in [0, 0.1) is 12.3 Å². The minimum Gasteiger partial charge on any atom is -0.497 e. The zero-order valence-corrected chi connectivity index (χ0v) is 15.3. The summed E-state index contributed by atoms with van der Waals surface area (Å²) in [6.45, 7) is 11.5. The lowest BCUT2D eigenvalue weighted by atomic mass is 9.77. The van der Waals surface area contributed by atoms with E-state index in [1.165, 1.54) is 11.1 Å². The second kappa shape index (κ2) is 7.04. The maximum absolute atomic E-state index is 13.2. The highest BCUT2D eigenvalue weighted by molar-refractivity contribution is 5.86. The van der Waals surface area contributed by atoms with Crippen molar-refractivity contribution in [2.45, 2.75) is 38.3 Å². The van der Waals surface area contributed by atoms with E-state index in [0.29, 0.717) is 12.8 Å². The van der Waals surface area contributed by atoms with Crippen molar-refractivity contribution in [2.24, 2.45) is 5.41 Å². The van der Waals surface area contributed by atoms with Gasteiger partial charge in [0, 0.05) is 13.1 Å². The van der Waals surface area contributed by atoms with Crippen molar-refractivity contribution in [1.29, 1.82) is 0 Å². The van der Waals surface area contributed by atoms with Crippen LogP contribution in [0.25, 0.3) is 0 Å². The summed E-state index contributed by atoms with van der Waals surface area (Å²) >= 11 is 0. The number of carbonyl (C=O) groups is 1. The number of methoxy groups -OCH3 is 1. The molecule has 1 amide bonds. The van der Waals surface area contributed by atoms with Crippen molar-refractivity contribution in [3.05, 3.63) is 54.6 Å². The zero-order chi connectivity index (χ0) is 18.0. The molecule has 1 N–H and O–H groups in total.